The molecule has 30 heavy (non-hydrogen) atoms. The number of nitrogens with zero attached hydrogens (tertiary/aromatic N) is 2. The Morgan fingerprint density at radius 3 is 2.23 bits per heavy atom. The number of anilines is 1. The topological polar surface area (TPSA) is 98.8 Å². The van der Waals surface area contributed by atoms with Crippen LogP contribution >= 0.6 is 11.8 Å². The second-order valence-corrected chi connectivity index (χ2v) is 7.72. The molecule has 3 rings (SSSR count). The fraction of sp³-hybridized carbons (Fsp3) is 0.238. The molecular weight excluding hydrogens is 404 g/mol. The fourth-order valence-corrected chi connectivity index (χ4v) is 3.61. The number of hydrogen-bond donors (Lipinski definition) is 2. The zero-order valence-electron chi connectivity index (χ0n) is 16.7. The van der Waals surface area contributed by atoms with E-state index in [1.54, 1.807) is 50.5 Å². The Balaban J connectivity index is 1.54. The number of hydrogen-bond acceptors (Lipinski definition) is 5. The highest BCUT2D eigenvalue weighted by Crippen LogP contribution is 2.22. The molecular formula is C21H22N4O4S. The van der Waals surface area contributed by atoms with Crippen LogP contribution in [-0.4, -0.2) is 52.7 Å². The highest BCUT2D eigenvalue weighted by atomic mass is 32.2. The Morgan fingerprint density at radius 1 is 1.03 bits per heavy atom. The van der Waals surface area contributed by atoms with Gasteiger partial charge in [-0.15, -0.1) is 0 Å². The maximum atomic E-state index is 12.4. The van der Waals surface area contributed by atoms with Gasteiger partial charge in [0.1, 0.15) is 0 Å². The van der Waals surface area contributed by atoms with Crippen molar-refractivity contribution in [2.45, 2.75) is 13.1 Å². The molecule has 0 bridgehead atoms. The quantitative estimate of drug-likeness (QED) is 0.740. The number of amides is 5. The van der Waals surface area contributed by atoms with Gasteiger partial charge < -0.3 is 15.5 Å². The highest BCUT2D eigenvalue weighted by molar-refractivity contribution is 8.14. The van der Waals surface area contributed by atoms with Crippen molar-refractivity contribution in [3.8, 4) is 0 Å². The van der Waals surface area contributed by atoms with Crippen molar-refractivity contribution in [1.82, 2.24) is 15.1 Å². The summed E-state index contributed by atoms with van der Waals surface area (Å²) in [5, 5.41) is 5.14. The van der Waals surface area contributed by atoms with Gasteiger partial charge in [-0.25, -0.2) is 4.79 Å². The lowest BCUT2D eigenvalue weighted by Gasteiger charge is -2.18. The third-order valence-electron chi connectivity index (χ3n) is 4.60. The Kier molecular flexibility index (Phi) is 6.73. The van der Waals surface area contributed by atoms with Crippen LogP contribution in [0.4, 0.5) is 15.3 Å². The number of carbonyl (C=O) groups excluding carboxylic acids is 4. The number of nitrogens with one attached hydrogen (secondary N) is 2. The maximum Gasteiger partial charge on any atom is 0.321 e. The lowest BCUT2D eigenvalue weighted by molar-refractivity contribution is -0.125. The summed E-state index contributed by atoms with van der Waals surface area (Å²) in [7, 11) is 3.25. The first kappa shape index (κ1) is 21.4. The van der Waals surface area contributed by atoms with Crippen molar-refractivity contribution < 1.29 is 19.2 Å². The molecule has 2 N–H and O–H groups in total. The zero-order chi connectivity index (χ0) is 21.7. The number of benzene rings is 2. The molecule has 1 aliphatic heterocycles. The molecule has 0 spiro atoms. The van der Waals surface area contributed by atoms with Crippen molar-refractivity contribution in [3.05, 3.63) is 65.2 Å². The Bertz CT molecular complexity index is 944. The van der Waals surface area contributed by atoms with E-state index in [1.807, 2.05) is 12.1 Å². The number of rotatable bonds is 6. The van der Waals surface area contributed by atoms with Crippen molar-refractivity contribution in [2.24, 2.45) is 0 Å². The van der Waals surface area contributed by atoms with Crippen LogP contribution in [-0.2, 0) is 17.9 Å². The van der Waals surface area contributed by atoms with Gasteiger partial charge in [0.2, 0.25) is 5.91 Å². The van der Waals surface area contributed by atoms with Gasteiger partial charge in [-0.3, -0.25) is 19.3 Å². The SMILES string of the molecule is CNC(=O)c1ccc(CN(C)C(=O)Nc2ccc(CN3C(=O)CSC3=O)cc2)cc1. The summed E-state index contributed by atoms with van der Waals surface area (Å²) in [5.74, 6) is -0.158. The summed E-state index contributed by atoms with van der Waals surface area (Å²) >= 11 is 1.01. The van der Waals surface area contributed by atoms with Crippen LogP contribution in [0.25, 0.3) is 0 Å². The van der Waals surface area contributed by atoms with Gasteiger partial charge in [0.25, 0.3) is 11.1 Å². The van der Waals surface area contributed by atoms with Crippen molar-refractivity contribution in [1.29, 1.82) is 0 Å². The first-order valence-electron chi connectivity index (χ1n) is 9.26. The zero-order valence-corrected chi connectivity index (χ0v) is 17.5. The van der Waals surface area contributed by atoms with E-state index in [0.29, 0.717) is 17.8 Å². The van der Waals surface area contributed by atoms with E-state index in [0.717, 1.165) is 22.9 Å². The monoisotopic (exact) mass is 426 g/mol. The van der Waals surface area contributed by atoms with Gasteiger partial charge in [-0.1, -0.05) is 36.0 Å². The smallest absolute Gasteiger partial charge is 0.321 e. The third-order valence-corrected chi connectivity index (χ3v) is 5.45. The lowest BCUT2D eigenvalue weighted by atomic mass is 10.1. The normalized spacial score (nSPS) is 13.3. The van der Waals surface area contributed by atoms with Crippen LogP contribution in [0.1, 0.15) is 21.5 Å². The average molecular weight is 426 g/mol. The predicted octanol–water partition coefficient (Wildman–Crippen LogP) is 2.91. The van der Waals surface area contributed by atoms with Crippen LogP contribution in [0, 0.1) is 0 Å². The summed E-state index contributed by atoms with van der Waals surface area (Å²) in [6.45, 7) is 0.611. The van der Waals surface area contributed by atoms with Gasteiger partial charge >= 0.3 is 6.03 Å². The van der Waals surface area contributed by atoms with Gasteiger partial charge in [0.15, 0.2) is 0 Å². The predicted molar refractivity (Wildman–Crippen MR) is 115 cm³/mol. The molecule has 1 aliphatic rings. The summed E-state index contributed by atoms with van der Waals surface area (Å²) < 4.78 is 0. The third kappa shape index (κ3) is 5.18. The van der Waals surface area contributed by atoms with E-state index in [-0.39, 0.29) is 35.4 Å². The highest BCUT2D eigenvalue weighted by Gasteiger charge is 2.29. The molecule has 8 nitrogen and oxygen atoms in total. The molecule has 156 valence electrons. The maximum absolute atomic E-state index is 12.4. The number of urea groups is 1. The van der Waals surface area contributed by atoms with Gasteiger partial charge in [-0.05, 0) is 35.4 Å². The minimum atomic E-state index is -0.278. The molecule has 0 aliphatic carbocycles. The Labute approximate surface area is 178 Å². The molecule has 2 aromatic rings. The molecule has 2 aromatic carbocycles. The van der Waals surface area contributed by atoms with E-state index in [4.69, 9.17) is 0 Å². The van der Waals surface area contributed by atoms with Gasteiger partial charge in [0, 0.05) is 31.9 Å². The van der Waals surface area contributed by atoms with Crippen LogP contribution in [0.3, 0.4) is 0 Å². The summed E-state index contributed by atoms with van der Waals surface area (Å²) in [4.78, 5) is 50.2. The second kappa shape index (κ2) is 9.45. The minimum absolute atomic E-state index is 0.159. The first-order chi connectivity index (χ1) is 14.4. The molecule has 0 unspecified atom stereocenters. The van der Waals surface area contributed by atoms with Crippen LogP contribution < -0.4 is 10.6 Å². The molecule has 0 aromatic heterocycles. The summed E-state index contributed by atoms with van der Waals surface area (Å²) in [6, 6.07) is 13.8. The largest absolute Gasteiger partial charge is 0.355 e. The lowest BCUT2D eigenvalue weighted by Crippen LogP contribution is -2.31. The Hall–Kier alpha value is -3.33. The van der Waals surface area contributed by atoms with Gasteiger partial charge in [0.05, 0.1) is 12.3 Å². The number of imide groups is 1. The molecule has 1 fully saturated rings. The van der Waals surface area contributed by atoms with Crippen molar-refractivity contribution >= 4 is 40.5 Å². The summed E-state index contributed by atoms with van der Waals surface area (Å²) in [6.07, 6.45) is 0. The molecule has 5 amide bonds. The fourth-order valence-electron chi connectivity index (χ4n) is 2.88. The molecule has 0 atom stereocenters. The van der Waals surface area contributed by atoms with E-state index >= 15 is 0 Å². The number of carbonyl (C=O) groups is 4. The Morgan fingerprint density at radius 2 is 1.67 bits per heavy atom. The second-order valence-electron chi connectivity index (χ2n) is 6.79. The van der Waals surface area contributed by atoms with Crippen molar-refractivity contribution in [2.75, 3.05) is 25.2 Å². The van der Waals surface area contributed by atoms with E-state index < -0.39 is 0 Å². The van der Waals surface area contributed by atoms with E-state index in [2.05, 4.69) is 10.6 Å². The number of thioether (sulfide) groups is 1. The average Bonchev–Trinajstić information content (AvgIpc) is 3.07. The van der Waals surface area contributed by atoms with Crippen LogP contribution in [0.5, 0.6) is 0 Å². The molecule has 9 heteroatoms. The molecule has 1 saturated heterocycles. The van der Waals surface area contributed by atoms with Crippen LogP contribution in [0.2, 0.25) is 0 Å². The van der Waals surface area contributed by atoms with Crippen molar-refractivity contribution in [3.63, 3.8) is 0 Å². The molecule has 1 heterocycles. The molecule has 0 radical (unpaired) electrons. The standard InChI is InChI=1S/C21H22N4O4S/c1-22-19(27)16-7-3-14(4-8-16)11-24(2)20(28)23-17-9-5-15(6-10-17)12-25-18(26)13-30-21(25)29/h3-10H,11-13H2,1-2H3,(H,22,27)(H,23,28). The molecule has 0 saturated carbocycles. The van der Waals surface area contributed by atoms with Gasteiger partial charge in [-0.2, -0.15) is 0 Å². The minimum Gasteiger partial charge on any atom is -0.355 e. The van der Waals surface area contributed by atoms with Crippen LogP contribution in [0.15, 0.2) is 48.5 Å². The van der Waals surface area contributed by atoms with E-state index in [1.165, 1.54) is 9.80 Å². The van der Waals surface area contributed by atoms with E-state index in [9.17, 15) is 19.2 Å². The first-order valence-corrected chi connectivity index (χ1v) is 10.2. The summed E-state index contributed by atoms with van der Waals surface area (Å²) in [5.41, 5.74) is 2.87.